The molecule has 0 N–H and O–H groups in total. The highest BCUT2D eigenvalue weighted by atomic mass is 127. The molecule has 2 atom stereocenters. The van der Waals surface area contributed by atoms with Gasteiger partial charge in [0, 0.05) is 10.2 Å². The van der Waals surface area contributed by atoms with Crippen molar-refractivity contribution in [2.45, 2.75) is 38.1 Å². The zero-order valence-electron chi connectivity index (χ0n) is 11.6. The van der Waals surface area contributed by atoms with Crippen molar-refractivity contribution in [1.29, 1.82) is 0 Å². The minimum Gasteiger partial charge on any atom is -0.364 e. The summed E-state index contributed by atoms with van der Waals surface area (Å²) in [6.45, 7) is 5.61. The Bertz CT molecular complexity index is 407. The van der Waals surface area contributed by atoms with Gasteiger partial charge in [-0.2, -0.15) is 0 Å². The first-order chi connectivity index (χ1) is 9.77. The third-order valence-corrected chi connectivity index (χ3v) is 3.81. The van der Waals surface area contributed by atoms with E-state index in [1.807, 2.05) is 30.3 Å². The minimum absolute atomic E-state index is 0.297. The van der Waals surface area contributed by atoms with Crippen LogP contribution in [-0.2, 0) is 20.8 Å². The number of rotatable bonds is 10. The van der Waals surface area contributed by atoms with Gasteiger partial charge in [-0.15, -0.1) is 0 Å². The van der Waals surface area contributed by atoms with E-state index in [-0.39, 0.29) is 0 Å². The first-order valence-corrected chi connectivity index (χ1v) is 8.04. The van der Waals surface area contributed by atoms with Crippen LogP contribution in [0.1, 0.15) is 24.8 Å². The molecule has 0 amide bonds. The summed E-state index contributed by atoms with van der Waals surface area (Å²) < 4.78 is 17.5. The fourth-order valence-corrected chi connectivity index (χ4v) is 2.59. The number of halogens is 1. The summed E-state index contributed by atoms with van der Waals surface area (Å²) in [4.78, 5) is 0. The van der Waals surface area contributed by atoms with Gasteiger partial charge in [-0.1, -0.05) is 36.9 Å². The summed E-state index contributed by atoms with van der Waals surface area (Å²) in [5, 5.41) is 0. The van der Waals surface area contributed by atoms with Crippen LogP contribution in [0.5, 0.6) is 0 Å². The first-order valence-electron chi connectivity index (χ1n) is 6.96. The summed E-state index contributed by atoms with van der Waals surface area (Å²) in [7, 11) is 0. The van der Waals surface area contributed by atoms with E-state index in [9.17, 15) is 0 Å². The van der Waals surface area contributed by atoms with E-state index in [2.05, 4.69) is 29.2 Å². The highest BCUT2D eigenvalue weighted by molar-refractivity contribution is 14.1. The van der Waals surface area contributed by atoms with Crippen LogP contribution in [-0.4, -0.2) is 25.6 Å². The number of hydrogen-bond acceptors (Lipinski definition) is 3. The van der Waals surface area contributed by atoms with E-state index in [0.29, 0.717) is 25.6 Å². The molecular formula is C16H21IO3. The molecule has 1 saturated heterocycles. The minimum atomic E-state index is 0.297. The quantitative estimate of drug-likeness (QED) is 0.262. The normalized spacial score (nSPS) is 20.9. The van der Waals surface area contributed by atoms with Gasteiger partial charge in [0.1, 0.15) is 12.9 Å². The van der Waals surface area contributed by atoms with Gasteiger partial charge in [0.25, 0.3) is 0 Å². The van der Waals surface area contributed by atoms with Crippen molar-refractivity contribution in [1.82, 2.24) is 0 Å². The van der Waals surface area contributed by atoms with Crippen molar-refractivity contribution in [2.75, 3.05) is 13.4 Å². The van der Waals surface area contributed by atoms with Gasteiger partial charge in [0.05, 0.1) is 12.7 Å². The molecule has 0 saturated carbocycles. The SMILES string of the molecule is C=C(I)[C@@H]1O[C@H]1CCCCOCOCc1ccccc1. The van der Waals surface area contributed by atoms with E-state index in [1.165, 1.54) is 5.56 Å². The van der Waals surface area contributed by atoms with Gasteiger partial charge in [-0.3, -0.25) is 0 Å². The van der Waals surface area contributed by atoms with Crippen LogP contribution in [0.3, 0.4) is 0 Å². The van der Waals surface area contributed by atoms with E-state index in [0.717, 1.165) is 29.4 Å². The van der Waals surface area contributed by atoms with Crippen molar-refractivity contribution in [2.24, 2.45) is 0 Å². The van der Waals surface area contributed by atoms with Crippen molar-refractivity contribution in [3.63, 3.8) is 0 Å². The molecule has 1 heterocycles. The van der Waals surface area contributed by atoms with Gasteiger partial charge in [-0.25, -0.2) is 0 Å². The predicted octanol–water partition coefficient (Wildman–Crippen LogP) is 4.06. The van der Waals surface area contributed by atoms with Gasteiger partial charge in [0.2, 0.25) is 0 Å². The summed E-state index contributed by atoms with van der Waals surface area (Å²) in [6, 6.07) is 10.1. The molecule has 0 unspecified atom stereocenters. The number of epoxide rings is 1. The highest BCUT2D eigenvalue weighted by Crippen LogP contribution is 2.34. The smallest absolute Gasteiger partial charge is 0.147 e. The second-order valence-electron chi connectivity index (χ2n) is 4.90. The number of benzene rings is 1. The molecule has 1 aromatic carbocycles. The van der Waals surface area contributed by atoms with Crippen molar-refractivity contribution in [3.05, 3.63) is 46.1 Å². The van der Waals surface area contributed by atoms with Crippen LogP contribution in [0.25, 0.3) is 0 Å². The standard InChI is InChI=1S/C16H21IO3/c1-13(17)16-15(20-16)9-5-6-10-18-12-19-11-14-7-3-2-4-8-14/h2-4,7-8,15-16H,1,5-6,9-12H2/t15-,16-/m0/s1. The highest BCUT2D eigenvalue weighted by Gasteiger charge is 2.39. The van der Waals surface area contributed by atoms with Gasteiger partial charge < -0.3 is 14.2 Å². The maximum Gasteiger partial charge on any atom is 0.147 e. The topological polar surface area (TPSA) is 31.0 Å². The third-order valence-electron chi connectivity index (χ3n) is 3.20. The van der Waals surface area contributed by atoms with Crippen LogP contribution in [0.15, 0.2) is 40.5 Å². The summed E-state index contributed by atoms with van der Waals surface area (Å²) in [6.07, 6.45) is 3.97. The summed E-state index contributed by atoms with van der Waals surface area (Å²) in [5.41, 5.74) is 1.17. The van der Waals surface area contributed by atoms with Crippen molar-refractivity contribution in [3.8, 4) is 0 Å². The molecule has 1 fully saturated rings. The zero-order chi connectivity index (χ0) is 14.2. The van der Waals surface area contributed by atoms with Crippen molar-refractivity contribution >= 4 is 22.6 Å². The van der Waals surface area contributed by atoms with Crippen LogP contribution < -0.4 is 0 Å². The fourth-order valence-electron chi connectivity index (χ4n) is 2.04. The Morgan fingerprint density at radius 3 is 2.70 bits per heavy atom. The Morgan fingerprint density at radius 1 is 1.20 bits per heavy atom. The molecule has 4 heteroatoms. The molecule has 0 aromatic heterocycles. The zero-order valence-corrected chi connectivity index (χ0v) is 13.8. The van der Waals surface area contributed by atoms with Crippen LogP contribution >= 0.6 is 22.6 Å². The fraction of sp³-hybridized carbons (Fsp3) is 0.500. The molecule has 110 valence electrons. The van der Waals surface area contributed by atoms with Crippen LogP contribution in [0, 0.1) is 0 Å². The molecule has 1 aliphatic heterocycles. The Morgan fingerprint density at radius 2 is 2.00 bits per heavy atom. The van der Waals surface area contributed by atoms with E-state index < -0.39 is 0 Å². The molecule has 2 rings (SSSR count). The van der Waals surface area contributed by atoms with Gasteiger partial charge in [0.15, 0.2) is 0 Å². The lowest BCUT2D eigenvalue weighted by Gasteiger charge is -2.05. The molecule has 20 heavy (non-hydrogen) atoms. The third kappa shape index (κ3) is 5.91. The van der Waals surface area contributed by atoms with Crippen LogP contribution in [0.2, 0.25) is 0 Å². The Hall–Kier alpha value is -0.430. The lowest BCUT2D eigenvalue weighted by molar-refractivity contribution is -0.0623. The van der Waals surface area contributed by atoms with E-state index in [1.54, 1.807) is 0 Å². The Balaban J connectivity index is 1.38. The molecule has 3 nitrogen and oxygen atoms in total. The number of unbranched alkanes of at least 4 members (excludes halogenated alkanes) is 1. The first kappa shape index (κ1) is 15.9. The second kappa shape index (κ2) is 8.77. The molecule has 1 aromatic rings. The number of ether oxygens (including phenoxy) is 3. The molecule has 0 bridgehead atoms. The maximum absolute atomic E-state index is 5.50. The van der Waals surface area contributed by atoms with Crippen LogP contribution in [0.4, 0.5) is 0 Å². The average Bonchev–Trinajstić information content (AvgIpc) is 3.23. The molecule has 0 spiro atoms. The predicted molar refractivity (Wildman–Crippen MR) is 87.7 cm³/mol. The van der Waals surface area contributed by atoms with Gasteiger partial charge in [-0.05, 0) is 47.4 Å². The van der Waals surface area contributed by atoms with E-state index >= 15 is 0 Å². The van der Waals surface area contributed by atoms with E-state index in [4.69, 9.17) is 14.2 Å². The molecular weight excluding hydrogens is 367 g/mol. The van der Waals surface area contributed by atoms with Gasteiger partial charge >= 0.3 is 0 Å². The molecule has 0 aliphatic carbocycles. The lowest BCUT2D eigenvalue weighted by atomic mass is 10.1. The summed E-state index contributed by atoms with van der Waals surface area (Å²) in [5.74, 6) is 0. The Labute approximate surface area is 134 Å². The number of hydrogen-bond donors (Lipinski definition) is 0. The lowest BCUT2D eigenvalue weighted by Crippen LogP contribution is -2.02. The largest absolute Gasteiger partial charge is 0.364 e. The molecule has 0 radical (unpaired) electrons. The monoisotopic (exact) mass is 388 g/mol. The average molecular weight is 388 g/mol. The molecule has 1 aliphatic rings. The maximum atomic E-state index is 5.50. The summed E-state index contributed by atoms with van der Waals surface area (Å²) >= 11 is 2.24. The Kier molecular flexibility index (Phi) is 6.99. The van der Waals surface area contributed by atoms with Crippen molar-refractivity contribution < 1.29 is 14.2 Å². The second-order valence-corrected chi connectivity index (χ2v) is 6.28.